The Hall–Kier alpha value is -6.29. The van der Waals surface area contributed by atoms with Crippen LogP contribution < -0.4 is 15.0 Å². The van der Waals surface area contributed by atoms with Crippen LogP contribution in [-0.4, -0.2) is 27.9 Å². The maximum atomic E-state index is 13.8. The number of furan rings is 1. The Kier molecular flexibility index (Phi) is 6.99. The van der Waals surface area contributed by atoms with E-state index in [2.05, 4.69) is 5.10 Å². The molecule has 7 aromatic rings. The Labute approximate surface area is 255 Å². The van der Waals surface area contributed by atoms with Gasteiger partial charge in [-0.3, -0.25) is 14.9 Å². The Balaban J connectivity index is 1.34. The predicted molar refractivity (Wildman–Crippen MR) is 172 cm³/mol. The van der Waals surface area contributed by atoms with Crippen LogP contribution in [-0.2, 0) is 6.61 Å². The number of ether oxygens (including phenoxy) is 2. The zero-order valence-corrected chi connectivity index (χ0v) is 23.9. The molecule has 7 rings (SSSR count). The molecule has 0 aliphatic carbocycles. The lowest BCUT2D eigenvalue weighted by atomic mass is 10.1. The number of para-hydroxylation sites is 1. The van der Waals surface area contributed by atoms with Gasteiger partial charge in [-0.15, -0.1) is 0 Å². The quantitative estimate of drug-likeness (QED) is 0.102. The third-order valence-corrected chi connectivity index (χ3v) is 7.50. The van der Waals surface area contributed by atoms with E-state index >= 15 is 0 Å². The van der Waals surface area contributed by atoms with Gasteiger partial charge >= 0.3 is 0 Å². The van der Waals surface area contributed by atoms with Crippen LogP contribution in [0.4, 0.5) is 5.69 Å². The van der Waals surface area contributed by atoms with Gasteiger partial charge in [0.2, 0.25) is 5.82 Å². The van der Waals surface area contributed by atoms with Crippen molar-refractivity contribution < 1.29 is 18.8 Å². The van der Waals surface area contributed by atoms with Gasteiger partial charge in [0.25, 0.3) is 11.2 Å². The fraction of sp³-hybridized carbons (Fsp3) is 0.0571. The lowest BCUT2D eigenvalue weighted by molar-refractivity contribution is -0.384. The first-order valence-electron chi connectivity index (χ1n) is 14.0. The minimum Gasteiger partial charge on any atom is -0.496 e. The molecule has 5 aromatic carbocycles. The normalized spacial score (nSPS) is 11.5. The average molecular weight is 597 g/mol. The number of non-ortho nitro benzene ring substituents is 1. The van der Waals surface area contributed by atoms with E-state index in [4.69, 9.17) is 18.9 Å². The number of nitro groups is 1. The van der Waals surface area contributed by atoms with Gasteiger partial charge in [-0.2, -0.15) is 9.78 Å². The van der Waals surface area contributed by atoms with E-state index in [1.54, 1.807) is 49.6 Å². The third-order valence-electron chi connectivity index (χ3n) is 7.50. The number of benzene rings is 5. The van der Waals surface area contributed by atoms with Crippen LogP contribution in [0.5, 0.6) is 11.5 Å². The number of nitro benzene ring substituents is 1. The van der Waals surface area contributed by atoms with Crippen molar-refractivity contribution in [3.05, 3.63) is 141 Å². The topological polar surface area (TPSA) is 122 Å². The van der Waals surface area contributed by atoms with E-state index in [1.165, 1.54) is 24.4 Å². The van der Waals surface area contributed by atoms with Gasteiger partial charge in [-0.25, -0.2) is 4.98 Å². The molecule has 0 aliphatic heterocycles. The molecule has 220 valence electrons. The lowest BCUT2D eigenvalue weighted by Gasteiger charge is -2.12. The van der Waals surface area contributed by atoms with Crippen LogP contribution in [0.25, 0.3) is 44.2 Å². The lowest BCUT2D eigenvalue weighted by Crippen LogP contribution is -2.20. The van der Waals surface area contributed by atoms with Gasteiger partial charge in [0.05, 0.1) is 34.5 Å². The molecule has 0 N–H and O–H groups in total. The summed E-state index contributed by atoms with van der Waals surface area (Å²) in [5.41, 5.74) is 1.68. The molecule has 45 heavy (non-hydrogen) atoms. The SMILES string of the molecule is COc1cccc2oc(-c3nc4ccccc4c(=O)n3N=Cc3cc([N+](=O)[O-])ccc3OCc3cccc4ccccc34)cc12. The Morgan fingerprint density at radius 3 is 2.51 bits per heavy atom. The van der Waals surface area contributed by atoms with E-state index in [9.17, 15) is 14.9 Å². The fourth-order valence-corrected chi connectivity index (χ4v) is 5.29. The molecule has 0 spiro atoms. The van der Waals surface area contributed by atoms with Crippen LogP contribution in [0.1, 0.15) is 11.1 Å². The summed E-state index contributed by atoms with van der Waals surface area (Å²) in [7, 11) is 1.56. The first-order chi connectivity index (χ1) is 22.0. The summed E-state index contributed by atoms with van der Waals surface area (Å²) in [6.07, 6.45) is 1.36. The summed E-state index contributed by atoms with van der Waals surface area (Å²) in [5.74, 6) is 1.40. The number of aromatic nitrogens is 2. The highest BCUT2D eigenvalue weighted by Gasteiger charge is 2.19. The molecule has 0 fully saturated rings. The van der Waals surface area contributed by atoms with Crippen molar-refractivity contribution in [1.82, 2.24) is 9.66 Å². The van der Waals surface area contributed by atoms with E-state index in [0.29, 0.717) is 44.7 Å². The van der Waals surface area contributed by atoms with Crippen molar-refractivity contribution in [3.8, 4) is 23.1 Å². The fourth-order valence-electron chi connectivity index (χ4n) is 5.29. The molecule has 0 saturated carbocycles. The van der Waals surface area contributed by atoms with E-state index in [0.717, 1.165) is 21.0 Å². The standard InChI is InChI=1S/C35H24N4O6/c1-43-31-14-7-15-32-28(31)19-33(45-32)34-37-29-13-5-4-12-27(29)35(40)38(34)36-20-24-18-25(39(41)42)16-17-30(24)44-21-23-10-6-9-22-8-2-3-11-26(22)23/h2-20H,21H2,1H3. The van der Waals surface area contributed by atoms with Crippen LogP contribution in [0, 0.1) is 10.1 Å². The van der Waals surface area contributed by atoms with E-state index in [1.807, 2.05) is 48.5 Å². The molecule has 0 aliphatic rings. The Morgan fingerprint density at radius 1 is 0.889 bits per heavy atom. The Bertz CT molecular complexity index is 2330. The van der Waals surface area contributed by atoms with Crippen LogP contribution in [0.3, 0.4) is 0 Å². The second-order valence-corrected chi connectivity index (χ2v) is 10.2. The van der Waals surface area contributed by atoms with Gasteiger partial charge in [0.1, 0.15) is 23.7 Å². The Morgan fingerprint density at radius 2 is 1.67 bits per heavy atom. The summed E-state index contributed by atoms with van der Waals surface area (Å²) in [4.78, 5) is 29.7. The zero-order valence-electron chi connectivity index (χ0n) is 23.9. The molecule has 0 saturated heterocycles. The molecule has 2 aromatic heterocycles. The van der Waals surface area contributed by atoms with Crippen LogP contribution in [0.15, 0.2) is 124 Å². The van der Waals surface area contributed by atoms with Crippen molar-refractivity contribution in [3.63, 3.8) is 0 Å². The molecule has 0 radical (unpaired) electrons. The van der Waals surface area contributed by atoms with E-state index < -0.39 is 10.5 Å². The average Bonchev–Trinajstić information content (AvgIpc) is 3.51. The highest BCUT2D eigenvalue weighted by molar-refractivity contribution is 5.89. The smallest absolute Gasteiger partial charge is 0.282 e. The van der Waals surface area contributed by atoms with Crippen molar-refractivity contribution in [2.45, 2.75) is 6.61 Å². The monoisotopic (exact) mass is 596 g/mol. The largest absolute Gasteiger partial charge is 0.496 e. The van der Waals surface area contributed by atoms with Gasteiger partial charge < -0.3 is 13.9 Å². The molecule has 2 heterocycles. The summed E-state index contributed by atoms with van der Waals surface area (Å²) < 4.78 is 18.9. The molecular formula is C35H24N4O6. The van der Waals surface area contributed by atoms with Gasteiger partial charge in [0.15, 0.2) is 5.76 Å². The summed E-state index contributed by atoms with van der Waals surface area (Å²) in [6.45, 7) is 0.212. The van der Waals surface area contributed by atoms with Crippen LogP contribution in [0.2, 0.25) is 0 Å². The molecule has 0 unspecified atom stereocenters. The number of methoxy groups -OCH3 is 1. The van der Waals surface area contributed by atoms with Gasteiger partial charge in [-0.1, -0.05) is 60.7 Å². The van der Waals surface area contributed by atoms with Crippen LogP contribution >= 0.6 is 0 Å². The molecular weight excluding hydrogens is 572 g/mol. The summed E-state index contributed by atoms with van der Waals surface area (Å²) in [5, 5.41) is 19.3. The number of rotatable bonds is 8. The summed E-state index contributed by atoms with van der Waals surface area (Å²) in [6, 6.07) is 32.2. The van der Waals surface area contributed by atoms with Crippen molar-refractivity contribution in [2.24, 2.45) is 5.10 Å². The second kappa shape index (κ2) is 11.4. The number of hydrogen-bond acceptors (Lipinski definition) is 8. The number of nitrogens with zero attached hydrogens (tertiary/aromatic N) is 4. The maximum absolute atomic E-state index is 13.8. The van der Waals surface area contributed by atoms with Crippen molar-refractivity contribution in [2.75, 3.05) is 7.11 Å². The van der Waals surface area contributed by atoms with E-state index in [-0.39, 0.29) is 18.1 Å². The van der Waals surface area contributed by atoms with Gasteiger partial charge in [0, 0.05) is 17.7 Å². The summed E-state index contributed by atoms with van der Waals surface area (Å²) >= 11 is 0. The first-order valence-corrected chi connectivity index (χ1v) is 14.0. The predicted octanol–water partition coefficient (Wildman–Crippen LogP) is 7.34. The first kappa shape index (κ1) is 27.5. The van der Waals surface area contributed by atoms with Gasteiger partial charge in [-0.05, 0) is 52.7 Å². The molecule has 0 bridgehead atoms. The number of fused-ring (bicyclic) bond motifs is 3. The third kappa shape index (κ3) is 5.14. The highest BCUT2D eigenvalue weighted by atomic mass is 16.6. The molecule has 10 nitrogen and oxygen atoms in total. The second-order valence-electron chi connectivity index (χ2n) is 10.2. The zero-order chi connectivity index (χ0) is 30.9. The van der Waals surface area contributed by atoms with Crippen molar-refractivity contribution >= 4 is 44.5 Å². The molecule has 0 atom stereocenters. The highest BCUT2D eigenvalue weighted by Crippen LogP contribution is 2.33. The minimum absolute atomic E-state index is 0.150. The van der Waals surface area contributed by atoms with Crippen molar-refractivity contribution in [1.29, 1.82) is 0 Å². The minimum atomic E-state index is -0.497. The molecule has 10 heteroatoms. The molecule has 0 amide bonds. The maximum Gasteiger partial charge on any atom is 0.282 e. The number of hydrogen-bond donors (Lipinski definition) is 0.